The number of hydrogen-bond acceptors (Lipinski definition) is 4. The average Bonchev–Trinajstić information content (AvgIpc) is 2.68. The fourth-order valence-electron chi connectivity index (χ4n) is 5.64. The molecule has 1 aromatic carbocycles. The average molecular weight is 387 g/mol. The van der Waals surface area contributed by atoms with Gasteiger partial charge in [-0.2, -0.15) is 11.8 Å². The first-order valence-electron chi connectivity index (χ1n) is 9.98. The van der Waals surface area contributed by atoms with Crippen LogP contribution in [-0.2, 0) is 4.79 Å². The summed E-state index contributed by atoms with van der Waals surface area (Å²) in [7, 11) is 0. The van der Waals surface area contributed by atoms with Gasteiger partial charge in [0.2, 0.25) is 5.91 Å². The molecule has 5 aliphatic rings. The largest absolute Gasteiger partial charge is 0.467 e. The molecule has 1 saturated heterocycles. The lowest BCUT2D eigenvalue weighted by Crippen LogP contribution is -2.69. The molecule has 2 bridgehead atoms. The van der Waals surface area contributed by atoms with Gasteiger partial charge in [0, 0.05) is 42.9 Å². The predicted molar refractivity (Wildman–Crippen MR) is 105 cm³/mol. The van der Waals surface area contributed by atoms with Crippen molar-refractivity contribution in [3.8, 4) is 5.75 Å². The van der Waals surface area contributed by atoms with Crippen molar-refractivity contribution in [2.75, 3.05) is 24.6 Å². The molecule has 5 nitrogen and oxygen atoms in total. The summed E-state index contributed by atoms with van der Waals surface area (Å²) in [6, 6.07) is 7.46. The highest BCUT2D eigenvalue weighted by molar-refractivity contribution is 7.99. The standard InChI is InChI=1S/C21H26N2O3S/c1-20-7-6-14(12-16(20)19(25)23-8-10-27-11-9-23)21(13-20)22-18(24)15-4-2-3-5-17(15)26-21/h2-5,14,16H,6-13H2,1H3,(H,22,24)/t14-,16-,20-,21+/m0/s1. The summed E-state index contributed by atoms with van der Waals surface area (Å²) in [6.07, 6.45) is 3.54. The molecule has 144 valence electrons. The Labute approximate surface area is 164 Å². The molecular weight excluding hydrogens is 360 g/mol. The Balaban J connectivity index is 1.43. The zero-order valence-corrected chi connectivity index (χ0v) is 16.5. The Bertz CT molecular complexity index is 793. The molecule has 6 rings (SSSR count). The molecule has 0 unspecified atom stereocenters. The molecule has 3 aliphatic carbocycles. The first-order chi connectivity index (χ1) is 13.0. The SMILES string of the molecule is C[C@@]12CC[C@@H](C[C@H]1C(=O)N1CCSCC1)[C@]1(C2)NC(=O)c2ccccc2O1. The van der Waals surface area contributed by atoms with Crippen LogP contribution >= 0.6 is 11.8 Å². The lowest BCUT2D eigenvalue weighted by molar-refractivity contribution is -0.174. The second-order valence-corrected chi connectivity index (χ2v) is 9.96. The van der Waals surface area contributed by atoms with E-state index in [1.807, 2.05) is 30.0 Å². The molecule has 1 N–H and O–H groups in total. The van der Waals surface area contributed by atoms with Gasteiger partial charge in [0.25, 0.3) is 5.91 Å². The van der Waals surface area contributed by atoms with Gasteiger partial charge >= 0.3 is 0 Å². The Hall–Kier alpha value is -1.69. The van der Waals surface area contributed by atoms with Crippen molar-refractivity contribution >= 4 is 23.6 Å². The maximum atomic E-state index is 13.3. The quantitative estimate of drug-likeness (QED) is 0.806. The van der Waals surface area contributed by atoms with E-state index < -0.39 is 5.72 Å². The van der Waals surface area contributed by atoms with Crippen molar-refractivity contribution in [2.24, 2.45) is 17.3 Å². The Morgan fingerprint density at radius 3 is 2.85 bits per heavy atom. The highest BCUT2D eigenvalue weighted by atomic mass is 32.2. The van der Waals surface area contributed by atoms with Crippen LogP contribution in [0.15, 0.2) is 24.3 Å². The van der Waals surface area contributed by atoms with Crippen LogP contribution < -0.4 is 10.1 Å². The predicted octanol–water partition coefficient (Wildman–Crippen LogP) is 2.91. The summed E-state index contributed by atoms with van der Waals surface area (Å²) in [5.41, 5.74) is -0.184. The minimum atomic E-state index is -0.660. The van der Waals surface area contributed by atoms with E-state index in [4.69, 9.17) is 4.74 Å². The van der Waals surface area contributed by atoms with Gasteiger partial charge in [0.1, 0.15) is 5.75 Å². The molecule has 0 aromatic heterocycles. The van der Waals surface area contributed by atoms with Crippen molar-refractivity contribution in [1.29, 1.82) is 0 Å². The van der Waals surface area contributed by atoms with Gasteiger partial charge in [-0.25, -0.2) is 0 Å². The number of nitrogens with zero attached hydrogens (tertiary/aromatic N) is 1. The lowest BCUT2D eigenvalue weighted by Gasteiger charge is -2.60. The van der Waals surface area contributed by atoms with E-state index in [0.717, 1.165) is 43.9 Å². The van der Waals surface area contributed by atoms with Crippen LogP contribution in [0.25, 0.3) is 0 Å². The van der Waals surface area contributed by atoms with Crippen molar-refractivity contribution in [3.05, 3.63) is 29.8 Å². The van der Waals surface area contributed by atoms with Gasteiger partial charge in [-0.15, -0.1) is 0 Å². The summed E-state index contributed by atoms with van der Waals surface area (Å²) < 4.78 is 6.44. The van der Waals surface area contributed by atoms with Crippen molar-refractivity contribution in [1.82, 2.24) is 10.2 Å². The number of fused-ring (bicyclic) bond motifs is 3. The highest BCUT2D eigenvalue weighted by Gasteiger charge is 2.62. The molecule has 6 heteroatoms. The third-order valence-electron chi connectivity index (χ3n) is 7.12. The van der Waals surface area contributed by atoms with Crippen LogP contribution in [0, 0.1) is 17.3 Å². The smallest absolute Gasteiger partial charge is 0.258 e. The van der Waals surface area contributed by atoms with E-state index in [9.17, 15) is 9.59 Å². The first-order valence-corrected chi connectivity index (χ1v) is 11.1. The van der Waals surface area contributed by atoms with Gasteiger partial charge < -0.3 is 15.0 Å². The number of ether oxygens (including phenoxy) is 1. The Kier molecular flexibility index (Phi) is 3.97. The first kappa shape index (κ1) is 17.4. The molecule has 3 saturated carbocycles. The molecule has 27 heavy (non-hydrogen) atoms. The molecule has 1 aromatic rings. The molecule has 4 atom stereocenters. The van der Waals surface area contributed by atoms with E-state index in [2.05, 4.69) is 17.1 Å². The number of rotatable bonds is 1. The summed E-state index contributed by atoms with van der Waals surface area (Å²) >= 11 is 1.93. The molecule has 2 heterocycles. The number of para-hydroxylation sites is 1. The summed E-state index contributed by atoms with van der Waals surface area (Å²) in [6.45, 7) is 3.96. The van der Waals surface area contributed by atoms with E-state index in [0.29, 0.717) is 23.6 Å². The van der Waals surface area contributed by atoms with E-state index in [1.165, 1.54) is 0 Å². The maximum absolute atomic E-state index is 13.3. The van der Waals surface area contributed by atoms with Crippen molar-refractivity contribution in [2.45, 2.75) is 38.3 Å². The van der Waals surface area contributed by atoms with Crippen LogP contribution in [0.1, 0.15) is 43.0 Å². The highest BCUT2D eigenvalue weighted by Crippen LogP contribution is 2.59. The normalized spacial score (nSPS) is 37.5. The second-order valence-electron chi connectivity index (χ2n) is 8.73. The van der Waals surface area contributed by atoms with Crippen LogP contribution in [0.5, 0.6) is 5.75 Å². The number of carbonyl (C=O) groups is 2. The topological polar surface area (TPSA) is 58.6 Å². The van der Waals surface area contributed by atoms with Crippen LogP contribution in [0.2, 0.25) is 0 Å². The zero-order chi connectivity index (χ0) is 18.6. The molecule has 2 amide bonds. The molecular formula is C21H26N2O3S. The number of thioether (sulfide) groups is 1. The lowest BCUT2D eigenvalue weighted by atomic mass is 9.52. The Morgan fingerprint density at radius 2 is 2.07 bits per heavy atom. The monoisotopic (exact) mass is 386 g/mol. The van der Waals surface area contributed by atoms with E-state index in [1.54, 1.807) is 6.07 Å². The van der Waals surface area contributed by atoms with Crippen LogP contribution in [0.4, 0.5) is 0 Å². The molecule has 1 spiro atoms. The zero-order valence-electron chi connectivity index (χ0n) is 15.7. The summed E-state index contributed by atoms with van der Waals surface area (Å²) in [5.74, 6) is 3.25. The summed E-state index contributed by atoms with van der Waals surface area (Å²) in [5, 5.41) is 3.19. The third-order valence-corrected chi connectivity index (χ3v) is 8.06. The minimum absolute atomic E-state index is 0.0441. The van der Waals surface area contributed by atoms with Crippen molar-refractivity contribution in [3.63, 3.8) is 0 Å². The number of benzene rings is 1. The molecule has 4 fully saturated rings. The maximum Gasteiger partial charge on any atom is 0.258 e. The van der Waals surface area contributed by atoms with E-state index in [-0.39, 0.29) is 23.2 Å². The van der Waals surface area contributed by atoms with E-state index >= 15 is 0 Å². The second kappa shape index (κ2) is 6.16. The van der Waals surface area contributed by atoms with Gasteiger partial charge in [0.15, 0.2) is 5.72 Å². The van der Waals surface area contributed by atoms with Crippen molar-refractivity contribution < 1.29 is 14.3 Å². The summed E-state index contributed by atoms with van der Waals surface area (Å²) in [4.78, 5) is 28.1. The van der Waals surface area contributed by atoms with Gasteiger partial charge in [0.05, 0.1) is 5.56 Å². The van der Waals surface area contributed by atoms with Gasteiger partial charge in [-0.05, 0) is 36.8 Å². The number of hydrogen-bond donors (Lipinski definition) is 1. The van der Waals surface area contributed by atoms with Gasteiger partial charge in [-0.3, -0.25) is 9.59 Å². The Morgan fingerprint density at radius 1 is 1.30 bits per heavy atom. The third kappa shape index (κ3) is 2.67. The number of amides is 2. The fraction of sp³-hybridized carbons (Fsp3) is 0.619. The van der Waals surface area contributed by atoms with Gasteiger partial charge in [-0.1, -0.05) is 19.1 Å². The fourth-order valence-corrected chi connectivity index (χ4v) is 6.54. The van der Waals surface area contributed by atoms with Crippen LogP contribution in [-0.4, -0.2) is 47.0 Å². The van der Waals surface area contributed by atoms with Crippen LogP contribution in [0.3, 0.4) is 0 Å². The molecule has 0 radical (unpaired) electrons. The number of carbonyl (C=O) groups excluding carboxylic acids is 2. The molecule has 2 aliphatic heterocycles. The minimum Gasteiger partial charge on any atom is -0.467 e. The number of nitrogens with one attached hydrogen (secondary N) is 1.